The first-order valence-electron chi connectivity index (χ1n) is 5.73. The predicted molar refractivity (Wildman–Crippen MR) is 72.1 cm³/mol. The molecule has 0 radical (unpaired) electrons. The Hall–Kier alpha value is -3.01. The quantitative estimate of drug-likeness (QED) is 0.472. The Balaban J connectivity index is 2.37. The van der Waals surface area contributed by atoms with Crippen LogP contribution in [-0.4, -0.2) is 27.0 Å². The fraction of sp³-hybridized carbons (Fsp3) is 0.182. The molecule has 1 heterocycles. The molecule has 0 aliphatic carbocycles. The van der Waals surface area contributed by atoms with Crippen molar-refractivity contribution in [1.29, 1.82) is 0 Å². The Bertz CT molecular complexity index is 656. The van der Waals surface area contributed by atoms with Crippen LogP contribution < -0.4 is 20.7 Å². The number of non-ortho nitro benzene ring substituents is 1. The molecule has 0 unspecified atom stereocenters. The van der Waals surface area contributed by atoms with Gasteiger partial charge in [0.2, 0.25) is 5.95 Å². The molecule has 2 aromatic rings. The number of hydrogen-bond donors (Lipinski definition) is 2. The van der Waals surface area contributed by atoms with Gasteiger partial charge in [-0.2, -0.15) is 9.97 Å². The van der Waals surface area contributed by atoms with Crippen LogP contribution in [0, 0.1) is 17.0 Å². The molecule has 0 spiro atoms. The minimum atomic E-state index is -0.521. The number of nitro benzene ring substituents is 1. The summed E-state index contributed by atoms with van der Waals surface area (Å²) in [4.78, 5) is 21.8. The van der Waals surface area contributed by atoms with Gasteiger partial charge in [0.1, 0.15) is 5.75 Å². The van der Waals surface area contributed by atoms with E-state index in [1.165, 1.54) is 19.2 Å². The first-order valence-corrected chi connectivity index (χ1v) is 5.73. The van der Waals surface area contributed by atoms with E-state index in [-0.39, 0.29) is 29.4 Å². The van der Waals surface area contributed by atoms with Crippen LogP contribution in [0.25, 0.3) is 0 Å². The lowest BCUT2D eigenvalue weighted by Crippen LogP contribution is -2.12. The first-order chi connectivity index (χ1) is 10.0. The fourth-order valence-corrected chi connectivity index (χ4v) is 1.45. The monoisotopic (exact) mass is 292 g/mol. The zero-order chi connectivity index (χ0) is 15.4. The summed E-state index contributed by atoms with van der Waals surface area (Å²) >= 11 is 0. The van der Waals surface area contributed by atoms with Gasteiger partial charge in [-0.3, -0.25) is 15.5 Å². The molecule has 21 heavy (non-hydrogen) atoms. The second-order valence-corrected chi connectivity index (χ2v) is 3.88. The van der Waals surface area contributed by atoms with E-state index in [9.17, 15) is 10.1 Å². The number of nitrogens with two attached hydrogens (primary N) is 1. The Morgan fingerprint density at radius 2 is 2.00 bits per heavy atom. The number of hydrazine groups is 1. The van der Waals surface area contributed by atoms with Crippen LogP contribution in [0.5, 0.6) is 17.8 Å². The highest BCUT2D eigenvalue weighted by Crippen LogP contribution is 2.28. The summed E-state index contributed by atoms with van der Waals surface area (Å²) in [5, 5.41) is 10.8. The normalized spacial score (nSPS) is 10.0. The summed E-state index contributed by atoms with van der Waals surface area (Å²) in [6.07, 6.45) is 0. The third kappa shape index (κ3) is 3.30. The second-order valence-electron chi connectivity index (χ2n) is 3.88. The molecule has 10 heteroatoms. The summed E-state index contributed by atoms with van der Waals surface area (Å²) in [5.74, 6) is 5.52. The highest BCUT2D eigenvalue weighted by molar-refractivity contribution is 5.44. The third-order valence-corrected chi connectivity index (χ3v) is 2.49. The Labute approximate surface area is 119 Å². The lowest BCUT2D eigenvalue weighted by Gasteiger charge is -2.08. The molecule has 0 atom stereocenters. The van der Waals surface area contributed by atoms with E-state index in [1.807, 2.05) is 0 Å². The molecule has 1 aromatic heterocycles. The maximum Gasteiger partial charge on any atom is 0.330 e. The van der Waals surface area contributed by atoms with E-state index in [0.717, 1.165) is 0 Å². The van der Waals surface area contributed by atoms with E-state index >= 15 is 0 Å². The van der Waals surface area contributed by atoms with Gasteiger partial charge in [-0.15, -0.1) is 4.98 Å². The molecule has 0 aliphatic heterocycles. The van der Waals surface area contributed by atoms with Crippen LogP contribution in [0.2, 0.25) is 0 Å². The lowest BCUT2D eigenvalue weighted by atomic mass is 10.2. The number of nitro groups is 1. The average molecular weight is 292 g/mol. The van der Waals surface area contributed by atoms with Gasteiger partial charge >= 0.3 is 12.0 Å². The minimum absolute atomic E-state index is 0.00367. The van der Waals surface area contributed by atoms with Gasteiger partial charge in [0.05, 0.1) is 18.1 Å². The van der Waals surface area contributed by atoms with Crippen molar-refractivity contribution < 1.29 is 14.4 Å². The van der Waals surface area contributed by atoms with Crippen molar-refractivity contribution in [2.24, 2.45) is 5.84 Å². The fourth-order valence-electron chi connectivity index (χ4n) is 1.45. The molecule has 3 N–H and O–H groups in total. The Morgan fingerprint density at radius 1 is 1.29 bits per heavy atom. The highest BCUT2D eigenvalue weighted by Gasteiger charge is 2.13. The predicted octanol–water partition coefficient (Wildman–Crippen LogP) is 1.17. The highest BCUT2D eigenvalue weighted by atomic mass is 16.6. The van der Waals surface area contributed by atoms with Gasteiger partial charge < -0.3 is 9.47 Å². The topological polar surface area (TPSA) is 138 Å². The van der Waals surface area contributed by atoms with Crippen LogP contribution in [0.4, 0.5) is 11.6 Å². The molecule has 110 valence electrons. The second kappa shape index (κ2) is 5.96. The summed E-state index contributed by atoms with van der Waals surface area (Å²) in [5.41, 5.74) is 2.82. The molecule has 0 aliphatic rings. The summed E-state index contributed by atoms with van der Waals surface area (Å²) in [6.45, 7) is 1.74. The Kier molecular flexibility index (Phi) is 4.09. The van der Waals surface area contributed by atoms with Gasteiger partial charge in [-0.1, -0.05) is 0 Å². The van der Waals surface area contributed by atoms with Crippen LogP contribution in [0.1, 0.15) is 5.56 Å². The number of methoxy groups -OCH3 is 1. The number of aromatic nitrogens is 3. The average Bonchev–Trinajstić information content (AvgIpc) is 2.48. The first kappa shape index (κ1) is 14.4. The van der Waals surface area contributed by atoms with Gasteiger partial charge in [0, 0.05) is 6.07 Å². The standard InChI is InChI=1S/C11H12N6O4/c1-6-3-4-7(17(18)19)5-8(6)21-11-14-9(16-12)13-10(15-11)20-2/h3-5H,12H2,1-2H3,(H,13,14,15,16). The number of hydrogen-bond acceptors (Lipinski definition) is 9. The lowest BCUT2D eigenvalue weighted by molar-refractivity contribution is -0.384. The number of nitrogens with zero attached hydrogens (tertiary/aromatic N) is 4. The summed E-state index contributed by atoms with van der Waals surface area (Å²) in [6, 6.07) is 4.12. The summed E-state index contributed by atoms with van der Waals surface area (Å²) < 4.78 is 10.3. The van der Waals surface area contributed by atoms with E-state index in [4.69, 9.17) is 15.3 Å². The zero-order valence-corrected chi connectivity index (χ0v) is 11.2. The van der Waals surface area contributed by atoms with Crippen molar-refractivity contribution in [2.45, 2.75) is 6.92 Å². The van der Waals surface area contributed by atoms with Crippen LogP contribution in [-0.2, 0) is 0 Å². The number of benzene rings is 1. The molecule has 0 amide bonds. The minimum Gasteiger partial charge on any atom is -0.467 e. The van der Waals surface area contributed by atoms with Crippen molar-refractivity contribution >= 4 is 11.6 Å². The van der Waals surface area contributed by atoms with E-state index in [1.54, 1.807) is 13.0 Å². The van der Waals surface area contributed by atoms with Crippen molar-refractivity contribution in [3.63, 3.8) is 0 Å². The number of ether oxygens (including phenoxy) is 2. The molecular formula is C11H12N6O4. The van der Waals surface area contributed by atoms with E-state index in [2.05, 4.69) is 20.4 Å². The SMILES string of the molecule is COc1nc(NN)nc(Oc2cc([N+](=O)[O-])ccc2C)n1. The molecule has 0 saturated carbocycles. The summed E-state index contributed by atoms with van der Waals surface area (Å²) in [7, 11) is 1.37. The molecule has 10 nitrogen and oxygen atoms in total. The van der Waals surface area contributed by atoms with Gasteiger partial charge in [-0.05, 0) is 18.6 Å². The maximum absolute atomic E-state index is 10.8. The largest absolute Gasteiger partial charge is 0.467 e. The molecular weight excluding hydrogens is 280 g/mol. The van der Waals surface area contributed by atoms with Gasteiger partial charge in [-0.25, -0.2) is 5.84 Å². The molecule has 0 saturated heterocycles. The third-order valence-electron chi connectivity index (χ3n) is 2.49. The maximum atomic E-state index is 10.8. The molecule has 2 rings (SSSR count). The van der Waals surface area contributed by atoms with Crippen LogP contribution in [0.3, 0.4) is 0 Å². The van der Waals surface area contributed by atoms with Crippen LogP contribution >= 0.6 is 0 Å². The van der Waals surface area contributed by atoms with Crippen molar-refractivity contribution in [1.82, 2.24) is 15.0 Å². The number of anilines is 1. The van der Waals surface area contributed by atoms with Gasteiger partial charge in [0.15, 0.2) is 0 Å². The number of nitrogens with one attached hydrogen (secondary N) is 1. The zero-order valence-electron chi connectivity index (χ0n) is 11.2. The molecule has 1 aromatic carbocycles. The van der Waals surface area contributed by atoms with E-state index < -0.39 is 4.92 Å². The van der Waals surface area contributed by atoms with Crippen molar-refractivity contribution in [3.05, 3.63) is 33.9 Å². The van der Waals surface area contributed by atoms with Crippen molar-refractivity contribution in [2.75, 3.05) is 12.5 Å². The van der Waals surface area contributed by atoms with Gasteiger partial charge in [0.25, 0.3) is 5.69 Å². The molecule has 0 bridgehead atoms. The smallest absolute Gasteiger partial charge is 0.330 e. The molecule has 0 fully saturated rings. The van der Waals surface area contributed by atoms with E-state index in [0.29, 0.717) is 5.56 Å². The number of nitrogen functional groups attached to an aromatic ring is 1. The van der Waals surface area contributed by atoms with Crippen LogP contribution in [0.15, 0.2) is 18.2 Å². The van der Waals surface area contributed by atoms with Crippen molar-refractivity contribution in [3.8, 4) is 17.8 Å². The Morgan fingerprint density at radius 3 is 2.62 bits per heavy atom. The number of rotatable bonds is 5. The number of aryl methyl sites for hydroxylation is 1.